The molecule has 1 aromatic carbocycles. The average molecular weight is 271 g/mol. The van der Waals surface area contributed by atoms with E-state index in [1.807, 2.05) is 30.3 Å². The van der Waals surface area contributed by atoms with Crippen LogP contribution in [0.4, 0.5) is 0 Å². The van der Waals surface area contributed by atoms with Crippen molar-refractivity contribution in [3.05, 3.63) is 59.9 Å². The summed E-state index contributed by atoms with van der Waals surface area (Å²) in [6.45, 7) is 0.355. The van der Waals surface area contributed by atoms with Gasteiger partial charge in [0, 0.05) is 18.8 Å². The number of carbonyl (C=O) groups is 1. The highest BCUT2D eigenvalue weighted by atomic mass is 16.5. The van der Waals surface area contributed by atoms with E-state index in [1.165, 1.54) is 13.3 Å². The number of amides is 1. The fraction of sp³-hybridized carbons (Fsp3) is 0.200. The zero-order valence-electron chi connectivity index (χ0n) is 11.2. The predicted molar refractivity (Wildman–Crippen MR) is 76.5 cm³/mol. The minimum absolute atomic E-state index is 0.226. The maximum absolute atomic E-state index is 12.1. The summed E-state index contributed by atoms with van der Waals surface area (Å²) in [5.41, 5.74) is 7.46. The van der Waals surface area contributed by atoms with E-state index in [2.05, 4.69) is 10.3 Å². The van der Waals surface area contributed by atoms with Gasteiger partial charge in [0.25, 0.3) is 5.91 Å². The van der Waals surface area contributed by atoms with E-state index in [0.717, 1.165) is 5.56 Å². The van der Waals surface area contributed by atoms with Gasteiger partial charge in [0.2, 0.25) is 0 Å². The minimum atomic E-state index is -0.243. The van der Waals surface area contributed by atoms with Gasteiger partial charge in [0.1, 0.15) is 5.75 Å². The molecule has 5 heteroatoms. The number of aromatic nitrogens is 1. The van der Waals surface area contributed by atoms with Crippen LogP contribution in [0.3, 0.4) is 0 Å². The van der Waals surface area contributed by atoms with E-state index in [9.17, 15) is 4.79 Å². The number of methoxy groups -OCH3 is 1. The number of hydrogen-bond donors (Lipinski definition) is 2. The van der Waals surface area contributed by atoms with Gasteiger partial charge < -0.3 is 15.8 Å². The second-order valence-corrected chi connectivity index (χ2v) is 4.30. The van der Waals surface area contributed by atoms with Gasteiger partial charge in [-0.15, -0.1) is 0 Å². The molecule has 3 N–H and O–H groups in total. The second kappa shape index (κ2) is 6.68. The molecule has 2 aromatic rings. The summed E-state index contributed by atoms with van der Waals surface area (Å²) in [7, 11) is 1.50. The molecule has 1 amide bonds. The molecule has 0 spiro atoms. The minimum Gasteiger partial charge on any atom is -0.494 e. The highest BCUT2D eigenvalue weighted by Gasteiger charge is 2.13. The molecule has 1 aromatic heterocycles. The quantitative estimate of drug-likeness (QED) is 0.864. The number of nitrogens with one attached hydrogen (secondary N) is 1. The Morgan fingerprint density at radius 3 is 2.80 bits per heavy atom. The van der Waals surface area contributed by atoms with Crippen molar-refractivity contribution in [2.45, 2.75) is 6.04 Å². The van der Waals surface area contributed by atoms with E-state index < -0.39 is 0 Å². The van der Waals surface area contributed by atoms with Crippen molar-refractivity contribution >= 4 is 5.91 Å². The molecule has 5 nitrogen and oxygen atoms in total. The number of hydrogen-bond acceptors (Lipinski definition) is 4. The Hall–Kier alpha value is -2.40. The van der Waals surface area contributed by atoms with Crippen LogP contribution < -0.4 is 15.8 Å². The third-order valence-electron chi connectivity index (χ3n) is 2.96. The lowest BCUT2D eigenvalue weighted by Gasteiger charge is -2.14. The number of nitrogens with zero attached hydrogens (tertiary/aromatic N) is 1. The summed E-state index contributed by atoms with van der Waals surface area (Å²) in [5.74, 6) is 0.217. The average Bonchev–Trinajstić information content (AvgIpc) is 2.53. The first-order valence-corrected chi connectivity index (χ1v) is 6.29. The Morgan fingerprint density at radius 2 is 2.10 bits per heavy atom. The molecule has 1 heterocycles. The van der Waals surface area contributed by atoms with Gasteiger partial charge in [0.05, 0.1) is 18.9 Å². The van der Waals surface area contributed by atoms with Crippen LogP contribution in [0, 0.1) is 0 Å². The molecule has 1 unspecified atom stereocenters. The number of pyridine rings is 1. The SMILES string of the molecule is COc1cnccc1C(=O)NCC(N)c1ccccc1. The Kier molecular flexibility index (Phi) is 4.68. The van der Waals surface area contributed by atoms with Gasteiger partial charge in [0.15, 0.2) is 0 Å². The monoisotopic (exact) mass is 271 g/mol. The Morgan fingerprint density at radius 1 is 1.35 bits per heavy atom. The fourth-order valence-corrected chi connectivity index (χ4v) is 1.85. The summed E-state index contributed by atoms with van der Waals surface area (Å²) in [5, 5.41) is 2.80. The van der Waals surface area contributed by atoms with Gasteiger partial charge in [-0.25, -0.2) is 0 Å². The molecule has 0 saturated carbocycles. The van der Waals surface area contributed by atoms with Crippen molar-refractivity contribution < 1.29 is 9.53 Å². The summed E-state index contributed by atoms with van der Waals surface area (Å²) in [6, 6.07) is 11.0. The molecule has 20 heavy (non-hydrogen) atoms. The maximum atomic E-state index is 12.1. The molecule has 0 aliphatic carbocycles. The Labute approximate surface area is 117 Å². The largest absolute Gasteiger partial charge is 0.494 e. The van der Waals surface area contributed by atoms with E-state index in [0.29, 0.717) is 17.9 Å². The zero-order valence-corrected chi connectivity index (χ0v) is 11.2. The molecule has 0 aliphatic rings. The molecule has 0 fully saturated rings. The van der Waals surface area contributed by atoms with E-state index >= 15 is 0 Å². The molecule has 104 valence electrons. The standard InChI is InChI=1S/C15H17N3O2/c1-20-14-10-17-8-7-12(14)15(19)18-9-13(16)11-5-3-2-4-6-11/h2-8,10,13H,9,16H2,1H3,(H,18,19). The van der Waals surface area contributed by atoms with Gasteiger partial charge in [-0.2, -0.15) is 0 Å². The summed E-state index contributed by atoms with van der Waals surface area (Å²) in [6.07, 6.45) is 3.06. The van der Waals surface area contributed by atoms with Crippen molar-refractivity contribution in [2.75, 3.05) is 13.7 Å². The van der Waals surface area contributed by atoms with E-state index in [1.54, 1.807) is 12.3 Å². The highest BCUT2D eigenvalue weighted by molar-refractivity contribution is 5.96. The lowest BCUT2D eigenvalue weighted by Crippen LogP contribution is -2.32. The molecule has 0 saturated heterocycles. The molecule has 2 rings (SSSR count). The van der Waals surface area contributed by atoms with Crippen molar-refractivity contribution in [1.29, 1.82) is 0 Å². The van der Waals surface area contributed by atoms with Gasteiger partial charge in [-0.1, -0.05) is 30.3 Å². The molecule has 0 radical (unpaired) electrons. The van der Waals surface area contributed by atoms with Crippen LogP contribution in [-0.2, 0) is 0 Å². The third-order valence-corrected chi connectivity index (χ3v) is 2.96. The first kappa shape index (κ1) is 14.0. The van der Waals surface area contributed by atoms with E-state index in [4.69, 9.17) is 10.5 Å². The van der Waals surface area contributed by atoms with E-state index in [-0.39, 0.29) is 11.9 Å². The van der Waals surface area contributed by atoms with Crippen LogP contribution in [-0.4, -0.2) is 24.5 Å². The van der Waals surface area contributed by atoms with Crippen molar-refractivity contribution in [2.24, 2.45) is 5.73 Å². The van der Waals surface area contributed by atoms with Crippen molar-refractivity contribution in [3.8, 4) is 5.75 Å². The normalized spacial score (nSPS) is 11.7. The lowest BCUT2D eigenvalue weighted by atomic mass is 10.1. The smallest absolute Gasteiger partial charge is 0.255 e. The van der Waals surface area contributed by atoms with Crippen LogP contribution in [0.1, 0.15) is 22.0 Å². The maximum Gasteiger partial charge on any atom is 0.255 e. The van der Waals surface area contributed by atoms with Gasteiger partial charge in [-0.05, 0) is 11.6 Å². The number of nitrogens with two attached hydrogens (primary N) is 1. The number of rotatable bonds is 5. The van der Waals surface area contributed by atoms with Crippen LogP contribution in [0.5, 0.6) is 5.75 Å². The first-order chi connectivity index (χ1) is 9.72. The first-order valence-electron chi connectivity index (χ1n) is 6.29. The molecule has 0 bridgehead atoms. The predicted octanol–water partition coefficient (Wildman–Crippen LogP) is 1.52. The molecule has 0 aliphatic heterocycles. The van der Waals surface area contributed by atoms with Crippen molar-refractivity contribution in [1.82, 2.24) is 10.3 Å². The van der Waals surface area contributed by atoms with Crippen LogP contribution in [0.15, 0.2) is 48.8 Å². The van der Waals surface area contributed by atoms with Gasteiger partial charge in [-0.3, -0.25) is 9.78 Å². The molecule has 1 atom stereocenters. The summed E-state index contributed by atoms with van der Waals surface area (Å²) < 4.78 is 5.10. The van der Waals surface area contributed by atoms with Gasteiger partial charge >= 0.3 is 0 Å². The zero-order chi connectivity index (χ0) is 14.4. The number of carbonyl (C=O) groups excluding carboxylic acids is 1. The highest BCUT2D eigenvalue weighted by Crippen LogP contribution is 2.15. The van der Waals surface area contributed by atoms with Crippen molar-refractivity contribution in [3.63, 3.8) is 0 Å². The Bertz CT molecular complexity index is 572. The third kappa shape index (κ3) is 3.33. The topological polar surface area (TPSA) is 77.2 Å². The molecular weight excluding hydrogens is 254 g/mol. The summed E-state index contributed by atoms with van der Waals surface area (Å²) in [4.78, 5) is 16.0. The lowest BCUT2D eigenvalue weighted by molar-refractivity contribution is 0.0948. The second-order valence-electron chi connectivity index (χ2n) is 4.30. The molecular formula is C15H17N3O2. The fourth-order valence-electron chi connectivity index (χ4n) is 1.85. The Balaban J connectivity index is 1.99. The number of ether oxygens (including phenoxy) is 1. The number of benzene rings is 1. The van der Waals surface area contributed by atoms with Crippen LogP contribution in [0.2, 0.25) is 0 Å². The van der Waals surface area contributed by atoms with Crippen LogP contribution in [0.25, 0.3) is 0 Å². The summed E-state index contributed by atoms with van der Waals surface area (Å²) >= 11 is 0. The van der Waals surface area contributed by atoms with Crippen LogP contribution >= 0.6 is 0 Å².